The van der Waals surface area contributed by atoms with Crippen LogP contribution in [0.1, 0.15) is 0 Å². The van der Waals surface area contributed by atoms with E-state index in [1.165, 1.54) is 7.11 Å². The molecule has 1 N–H and O–H groups in total. The summed E-state index contributed by atoms with van der Waals surface area (Å²) in [4.78, 5) is 19.4. The van der Waals surface area contributed by atoms with Crippen molar-refractivity contribution in [1.82, 2.24) is 0 Å². The van der Waals surface area contributed by atoms with Gasteiger partial charge in [0.25, 0.3) is 10.0 Å². The molecule has 0 amide bonds. The predicted molar refractivity (Wildman–Crippen MR) is 83.5 cm³/mol. The molecule has 2 rings (SSSR count). The molecule has 0 heterocycles. The molecule has 132 valence electrons. The molecule has 0 aliphatic carbocycles. The lowest BCUT2D eigenvalue weighted by Crippen LogP contribution is -2.13. The first-order valence-electron chi connectivity index (χ1n) is 6.45. The van der Waals surface area contributed by atoms with Crippen molar-refractivity contribution in [1.29, 1.82) is 0 Å². The van der Waals surface area contributed by atoms with Crippen molar-refractivity contribution in [2.75, 3.05) is 11.8 Å². The molecule has 0 spiro atoms. The molecule has 0 aliphatic rings. The van der Waals surface area contributed by atoms with E-state index < -0.39 is 42.0 Å². The lowest BCUT2D eigenvalue weighted by Gasteiger charge is -2.09. The smallest absolute Gasteiger partial charge is 0.312 e. The maximum absolute atomic E-state index is 13.3. The highest BCUT2D eigenvalue weighted by Gasteiger charge is 2.23. The summed E-state index contributed by atoms with van der Waals surface area (Å²) in [6, 6.07) is 5.35. The molecule has 0 fully saturated rings. The Morgan fingerprint density at radius 1 is 1.04 bits per heavy atom. The highest BCUT2D eigenvalue weighted by atomic mass is 32.2. The summed E-state index contributed by atoms with van der Waals surface area (Å²) in [6.07, 6.45) is 0. The molecule has 0 bridgehead atoms. The number of nitrogens with one attached hydrogen (secondary N) is 1. The number of halogens is 1. The summed E-state index contributed by atoms with van der Waals surface area (Å²) < 4.78 is 44.7. The van der Waals surface area contributed by atoms with E-state index in [9.17, 15) is 33.0 Å². The number of hydrogen-bond donors (Lipinski definition) is 1. The largest absolute Gasteiger partial charge is 0.490 e. The molecule has 10 nitrogen and oxygen atoms in total. The minimum atomic E-state index is -4.30. The van der Waals surface area contributed by atoms with Gasteiger partial charge in [0, 0.05) is 12.1 Å². The van der Waals surface area contributed by atoms with Gasteiger partial charge in [0.1, 0.15) is 0 Å². The van der Waals surface area contributed by atoms with E-state index in [2.05, 4.69) is 0 Å². The number of benzene rings is 2. The third kappa shape index (κ3) is 3.80. The van der Waals surface area contributed by atoms with Gasteiger partial charge in [0.05, 0.1) is 27.5 Å². The van der Waals surface area contributed by atoms with E-state index >= 15 is 0 Å². The molecule has 0 unspecified atom stereocenters. The molecule has 0 atom stereocenters. The Bertz CT molecular complexity index is 962. The van der Waals surface area contributed by atoms with Gasteiger partial charge in [0.15, 0.2) is 5.75 Å². The summed E-state index contributed by atoms with van der Waals surface area (Å²) in [6.45, 7) is 0. The average molecular weight is 371 g/mol. The maximum Gasteiger partial charge on any atom is 0.312 e. The Hall–Kier alpha value is -3.28. The molecular formula is C13H10FN3O7S. The van der Waals surface area contributed by atoms with Gasteiger partial charge < -0.3 is 4.74 Å². The minimum Gasteiger partial charge on any atom is -0.490 e. The highest BCUT2D eigenvalue weighted by molar-refractivity contribution is 7.92. The van der Waals surface area contributed by atoms with Gasteiger partial charge in [-0.15, -0.1) is 0 Å². The van der Waals surface area contributed by atoms with Gasteiger partial charge in [-0.05, 0) is 24.3 Å². The quantitative estimate of drug-likeness (QED) is 0.607. The fraction of sp³-hybridized carbons (Fsp3) is 0.0769. The number of ether oxygens (including phenoxy) is 1. The number of nitro groups is 2. The average Bonchev–Trinajstić information content (AvgIpc) is 2.55. The SMILES string of the molecule is COc1ccc(S(=O)(=O)Nc2ccc(F)c([N+](=O)[O-])c2)cc1[N+](=O)[O-]. The molecule has 2 aromatic rings. The highest BCUT2D eigenvalue weighted by Crippen LogP contribution is 2.30. The molecule has 0 aromatic heterocycles. The van der Waals surface area contributed by atoms with Gasteiger partial charge in [-0.25, -0.2) is 8.42 Å². The maximum atomic E-state index is 13.3. The van der Waals surface area contributed by atoms with Crippen LogP contribution in [0.25, 0.3) is 0 Å². The number of hydrogen-bond acceptors (Lipinski definition) is 7. The number of rotatable bonds is 6. The van der Waals surface area contributed by atoms with Crippen LogP contribution in [0.2, 0.25) is 0 Å². The van der Waals surface area contributed by atoms with E-state index in [1.54, 1.807) is 0 Å². The lowest BCUT2D eigenvalue weighted by atomic mass is 10.3. The zero-order valence-electron chi connectivity index (χ0n) is 12.5. The first kappa shape index (κ1) is 18.1. The molecule has 0 radical (unpaired) electrons. The normalized spacial score (nSPS) is 11.0. The Morgan fingerprint density at radius 3 is 2.24 bits per heavy atom. The second-order valence-corrected chi connectivity index (χ2v) is 6.30. The van der Waals surface area contributed by atoms with Crippen molar-refractivity contribution < 1.29 is 27.4 Å². The Kier molecular flexibility index (Phi) is 4.83. The summed E-state index contributed by atoms with van der Waals surface area (Å²) in [7, 11) is -3.12. The topological polar surface area (TPSA) is 142 Å². The van der Waals surface area contributed by atoms with Gasteiger partial charge in [-0.3, -0.25) is 25.0 Å². The predicted octanol–water partition coefficient (Wildman–Crippen LogP) is 2.45. The molecule has 0 aliphatic heterocycles. The van der Waals surface area contributed by atoms with Crippen LogP contribution in [0.3, 0.4) is 0 Å². The van der Waals surface area contributed by atoms with Gasteiger partial charge in [0.2, 0.25) is 5.82 Å². The van der Waals surface area contributed by atoms with Crippen molar-refractivity contribution in [3.8, 4) is 5.75 Å². The van der Waals surface area contributed by atoms with Crippen LogP contribution in [0.5, 0.6) is 5.75 Å². The monoisotopic (exact) mass is 371 g/mol. The minimum absolute atomic E-state index is 0.138. The number of nitro benzene ring substituents is 2. The zero-order valence-corrected chi connectivity index (χ0v) is 13.3. The van der Waals surface area contributed by atoms with Crippen LogP contribution < -0.4 is 9.46 Å². The number of anilines is 1. The van der Waals surface area contributed by atoms with Crippen LogP contribution in [0, 0.1) is 26.0 Å². The molecule has 12 heteroatoms. The molecule has 25 heavy (non-hydrogen) atoms. The Balaban J connectivity index is 2.43. The van der Waals surface area contributed by atoms with Gasteiger partial charge >= 0.3 is 11.4 Å². The third-order valence-corrected chi connectivity index (χ3v) is 4.43. The lowest BCUT2D eigenvalue weighted by molar-refractivity contribution is -0.387. The van der Waals surface area contributed by atoms with Crippen molar-refractivity contribution in [3.05, 3.63) is 62.4 Å². The first-order chi connectivity index (χ1) is 11.7. The van der Waals surface area contributed by atoms with Crippen molar-refractivity contribution in [2.24, 2.45) is 0 Å². The molecule has 0 saturated heterocycles. The second kappa shape index (κ2) is 6.68. The first-order valence-corrected chi connectivity index (χ1v) is 7.93. The van der Waals surface area contributed by atoms with E-state index in [4.69, 9.17) is 4.74 Å². The molecule has 0 saturated carbocycles. The Morgan fingerprint density at radius 2 is 1.68 bits per heavy atom. The van der Waals surface area contributed by atoms with Crippen LogP contribution >= 0.6 is 0 Å². The van der Waals surface area contributed by atoms with E-state index in [0.717, 1.165) is 30.3 Å². The Labute approximate surface area is 140 Å². The standard InChI is InChI=1S/C13H10FN3O7S/c1-24-13-5-3-9(7-12(13)17(20)21)25(22,23)15-8-2-4-10(14)11(6-8)16(18)19/h2-7,15H,1H3. The fourth-order valence-corrected chi connectivity index (χ4v) is 2.98. The fourth-order valence-electron chi connectivity index (χ4n) is 1.91. The second-order valence-electron chi connectivity index (χ2n) is 4.62. The van der Waals surface area contributed by atoms with Crippen molar-refractivity contribution >= 4 is 27.1 Å². The van der Waals surface area contributed by atoms with Crippen molar-refractivity contribution in [3.63, 3.8) is 0 Å². The van der Waals surface area contributed by atoms with E-state index in [-0.39, 0.29) is 11.4 Å². The third-order valence-electron chi connectivity index (χ3n) is 3.05. The van der Waals surface area contributed by atoms with Crippen LogP contribution in [0.15, 0.2) is 41.3 Å². The zero-order chi connectivity index (χ0) is 18.8. The summed E-state index contributed by atoms with van der Waals surface area (Å²) in [5, 5.41) is 21.7. The van der Waals surface area contributed by atoms with Crippen molar-refractivity contribution in [2.45, 2.75) is 4.90 Å². The van der Waals surface area contributed by atoms with E-state index in [0.29, 0.717) is 6.07 Å². The van der Waals surface area contributed by atoms with Crippen LogP contribution in [-0.4, -0.2) is 25.4 Å². The van der Waals surface area contributed by atoms with E-state index in [1.807, 2.05) is 4.72 Å². The molecule has 2 aromatic carbocycles. The van der Waals surface area contributed by atoms with Gasteiger partial charge in [-0.1, -0.05) is 0 Å². The number of nitrogens with zero attached hydrogens (tertiary/aromatic N) is 2. The van der Waals surface area contributed by atoms with Crippen LogP contribution in [-0.2, 0) is 10.0 Å². The summed E-state index contributed by atoms with van der Waals surface area (Å²) in [5.74, 6) is -1.27. The van der Waals surface area contributed by atoms with Crippen LogP contribution in [0.4, 0.5) is 21.5 Å². The van der Waals surface area contributed by atoms with Gasteiger partial charge in [-0.2, -0.15) is 4.39 Å². The molecular weight excluding hydrogens is 361 g/mol. The summed E-state index contributed by atoms with van der Waals surface area (Å²) in [5.41, 5.74) is -1.76. The number of sulfonamides is 1. The number of methoxy groups -OCH3 is 1. The summed E-state index contributed by atoms with van der Waals surface area (Å²) >= 11 is 0.